The molecule has 0 fully saturated rings. The van der Waals surface area contributed by atoms with Crippen LogP contribution in [-0.2, 0) is 4.74 Å². The lowest BCUT2D eigenvalue weighted by Gasteiger charge is -2.13. The number of nitrogens with zero attached hydrogens (tertiary/aromatic N) is 2. The van der Waals surface area contributed by atoms with Crippen LogP contribution in [0.2, 0.25) is 0 Å². The van der Waals surface area contributed by atoms with E-state index in [0.717, 1.165) is 4.90 Å². The fourth-order valence-electron chi connectivity index (χ4n) is 1.97. The maximum atomic E-state index is 12.0. The fourth-order valence-corrected chi connectivity index (χ4v) is 2.54. The maximum absolute atomic E-state index is 12.0. The molecule has 2 rings (SSSR count). The number of carbonyl (C=O) groups is 1. The molecule has 0 amide bonds. The minimum Gasteiger partial charge on any atom is -0.496 e. The van der Waals surface area contributed by atoms with Crippen molar-refractivity contribution < 1.29 is 19.0 Å². The van der Waals surface area contributed by atoms with Crippen LogP contribution in [-0.4, -0.2) is 48.5 Å². The van der Waals surface area contributed by atoms with Gasteiger partial charge in [-0.1, -0.05) is 0 Å². The summed E-state index contributed by atoms with van der Waals surface area (Å²) in [6.07, 6.45) is 1.94. The van der Waals surface area contributed by atoms with Crippen LogP contribution in [0.25, 0.3) is 11.3 Å². The molecule has 2 aromatic rings. The Balaban J connectivity index is 2.57. The van der Waals surface area contributed by atoms with Crippen LogP contribution in [0.5, 0.6) is 11.5 Å². The van der Waals surface area contributed by atoms with Gasteiger partial charge in [0.1, 0.15) is 17.2 Å². The summed E-state index contributed by atoms with van der Waals surface area (Å²) in [5.41, 5.74) is 1.08. The average molecular weight is 323 g/mol. The molecule has 0 spiro atoms. The first-order valence-electron chi connectivity index (χ1n) is 6.54. The average Bonchev–Trinajstić information content (AvgIpc) is 3.03. The van der Waals surface area contributed by atoms with Crippen molar-refractivity contribution in [1.82, 2.24) is 15.4 Å². The Morgan fingerprint density at radius 1 is 1.23 bits per heavy atom. The first-order valence-corrected chi connectivity index (χ1v) is 7.77. The lowest BCUT2D eigenvalue weighted by atomic mass is 10.1. The largest absolute Gasteiger partial charge is 0.496 e. The number of H-pyrrole nitrogens is 1. The summed E-state index contributed by atoms with van der Waals surface area (Å²) in [4.78, 5) is 12.9. The topological polar surface area (TPSA) is 86.3 Å². The number of ether oxygens (including phenoxy) is 3. The van der Waals surface area contributed by atoms with Crippen molar-refractivity contribution in [1.29, 1.82) is 0 Å². The molecule has 0 atom stereocenters. The van der Waals surface area contributed by atoms with E-state index in [2.05, 4.69) is 15.4 Å². The monoisotopic (exact) mass is 323 g/mol. The first-order chi connectivity index (χ1) is 10.7. The number of benzene rings is 1. The summed E-state index contributed by atoms with van der Waals surface area (Å²) < 4.78 is 15.8. The van der Waals surface area contributed by atoms with Crippen molar-refractivity contribution in [2.75, 3.05) is 27.1 Å². The number of aromatic amines is 1. The van der Waals surface area contributed by atoms with E-state index >= 15 is 0 Å². The van der Waals surface area contributed by atoms with Gasteiger partial charge in [0.2, 0.25) is 0 Å². The van der Waals surface area contributed by atoms with E-state index in [1.54, 1.807) is 27.2 Å². The summed E-state index contributed by atoms with van der Waals surface area (Å²) in [6.45, 7) is 1.99. The van der Waals surface area contributed by atoms with Gasteiger partial charge in [-0.05, 0) is 25.3 Å². The van der Waals surface area contributed by atoms with Crippen molar-refractivity contribution in [3.63, 3.8) is 0 Å². The normalized spacial score (nSPS) is 10.4. The molecule has 8 heteroatoms. The molecule has 0 radical (unpaired) electrons. The third kappa shape index (κ3) is 3.01. The van der Waals surface area contributed by atoms with Crippen LogP contribution in [0.1, 0.15) is 17.4 Å². The van der Waals surface area contributed by atoms with Gasteiger partial charge in [-0.2, -0.15) is 10.3 Å². The molecule has 0 bridgehead atoms. The van der Waals surface area contributed by atoms with Gasteiger partial charge in [-0.3, -0.25) is 0 Å². The molecule has 1 aromatic carbocycles. The van der Waals surface area contributed by atoms with Crippen molar-refractivity contribution >= 4 is 17.7 Å². The summed E-state index contributed by atoms with van der Waals surface area (Å²) in [5.74, 6) is 0.701. The molecular weight excluding hydrogens is 306 g/mol. The molecule has 0 aliphatic carbocycles. The second kappa shape index (κ2) is 7.17. The van der Waals surface area contributed by atoms with Crippen molar-refractivity contribution in [2.24, 2.45) is 0 Å². The van der Waals surface area contributed by atoms with Gasteiger partial charge >= 0.3 is 5.97 Å². The number of hydrogen-bond acceptors (Lipinski definition) is 7. The number of methoxy groups -OCH3 is 2. The molecule has 0 aliphatic heterocycles. The van der Waals surface area contributed by atoms with Gasteiger partial charge in [0.05, 0.1) is 31.3 Å². The van der Waals surface area contributed by atoms with Crippen molar-refractivity contribution in [2.45, 2.75) is 11.8 Å². The highest BCUT2D eigenvalue weighted by molar-refractivity contribution is 7.98. The van der Waals surface area contributed by atoms with E-state index in [1.165, 1.54) is 11.8 Å². The predicted molar refractivity (Wildman–Crippen MR) is 82.7 cm³/mol. The van der Waals surface area contributed by atoms with Crippen LogP contribution in [0.4, 0.5) is 0 Å². The smallest absolute Gasteiger partial charge is 0.361 e. The van der Waals surface area contributed by atoms with E-state index in [1.807, 2.05) is 12.3 Å². The highest BCUT2D eigenvalue weighted by Gasteiger charge is 2.23. The summed E-state index contributed by atoms with van der Waals surface area (Å²) in [7, 11) is 3.14. The zero-order valence-corrected chi connectivity index (χ0v) is 13.6. The van der Waals surface area contributed by atoms with E-state index in [0.29, 0.717) is 22.8 Å². The van der Waals surface area contributed by atoms with Crippen LogP contribution in [0.3, 0.4) is 0 Å². The van der Waals surface area contributed by atoms with Gasteiger partial charge in [0, 0.05) is 0 Å². The number of rotatable bonds is 6. The number of aromatic nitrogens is 3. The molecule has 1 heterocycles. The van der Waals surface area contributed by atoms with Crippen LogP contribution < -0.4 is 9.47 Å². The fraction of sp³-hybridized carbons (Fsp3) is 0.357. The Morgan fingerprint density at radius 2 is 1.95 bits per heavy atom. The number of esters is 1. The summed E-state index contributed by atoms with van der Waals surface area (Å²) >= 11 is 1.53. The van der Waals surface area contributed by atoms with E-state index in [4.69, 9.17) is 14.2 Å². The lowest BCUT2D eigenvalue weighted by molar-refractivity contribution is 0.0520. The Hall–Kier alpha value is -2.22. The summed E-state index contributed by atoms with van der Waals surface area (Å²) in [6, 6.07) is 3.60. The molecular formula is C14H17N3O4S. The summed E-state index contributed by atoms with van der Waals surface area (Å²) in [5, 5.41) is 10.4. The highest BCUT2D eigenvalue weighted by atomic mass is 32.2. The standard InChI is InChI=1S/C14H17N3O4S/c1-5-21-14(18)13-12(15-17-16-13)8-6-10(20-3)11(22-4)7-9(8)19-2/h6-7H,5H2,1-4H3,(H,15,16,17). The zero-order chi connectivity index (χ0) is 16.1. The van der Waals surface area contributed by atoms with E-state index < -0.39 is 5.97 Å². The van der Waals surface area contributed by atoms with E-state index in [-0.39, 0.29) is 12.3 Å². The highest BCUT2D eigenvalue weighted by Crippen LogP contribution is 2.39. The predicted octanol–water partition coefficient (Wildman–Crippen LogP) is 2.39. The molecule has 1 N–H and O–H groups in total. The Labute approximate surface area is 132 Å². The van der Waals surface area contributed by atoms with Gasteiger partial charge in [0.25, 0.3) is 0 Å². The molecule has 118 valence electrons. The van der Waals surface area contributed by atoms with Crippen LogP contribution in [0.15, 0.2) is 17.0 Å². The number of hydrogen-bond donors (Lipinski definition) is 1. The Bertz CT molecular complexity index is 672. The van der Waals surface area contributed by atoms with E-state index in [9.17, 15) is 4.79 Å². The molecule has 7 nitrogen and oxygen atoms in total. The lowest BCUT2D eigenvalue weighted by Crippen LogP contribution is -2.07. The zero-order valence-electron chi connectivity index (χ0n) is 12.8. The third-order valence-electron chi connectivity index (χ3n) is 2.98. The van der Waals surface area contributed by atoms with Crippen molar-refractivity contribution in [3.05, 3.63) is 17.8 Å². The Morgan fingerprint density at radius 3 is 2.55 bits per heavy atom. The quantitative estimate of drug-likeness (QED) is 0.645. The number of nitrogens with one attached hydrogen (secondary N) is 1. The SMILES string of the molecule is CCOC(=O)c1n[nH]nc1-c1cc(OC)c(SC)cc1OC. The second-order valence-corrected chi connectivity index (χ2v) is 5.00. The molecule has 0 unspecified atom stereocenters. The number of carbonyl (C=O) groups excluding carboxylic acids is 1. The minimum atomic E-state index is -0.541. The van der Waals surface area contributed by atoms with Gasteiger partial charge < -0.3 is 14.2 Å². The van der Waals surface area contributed by atoms with Gasteiger partial charge in [0.15, 0.2) is 5.69 Å². The molecule has 1 aromatic heterocycles. The van der Waals surface area contributed by atoms with Gasteiger partial charge in [-0.25, -0.2) is 4.79 Å². The second-order valence-electron chi connectivity index (χ2n) is 4.15. The van der Waals surface area contributed by atoms with Crippen LogP contribution in [0, 0.1) is 0 Å². The third-order valence-corrected chi connectivity index (χ3v) is 3.74. The Kier molecular flexibility index (Phi) is 5.26. The van der Waals surface area contributed by atoms with Crippen molar-refractivity contribution in [3.8, 4) is 22.8 Å². The first kappa shape index (κ1) is 16.2. The molecule has 22 heavy (non-hydrogen) atoms. The minimum absolute atomic E-state index is 0.110. The van der Waals surface area contributed by atoms with Gasteiger partial charge in [-0.15, -0.1) is 16.9 Å². The molecule has 0 saturated heterocycles. The maximum Gasteiger partial charge on any atom is 0.361 e. The molecule has 0 aliphatic rings. The number of thioether (sulfide) groups is 1. The van der Waals surface area contributed by atoms with Crippen LogP contribution >= 0.6 is 11.8 Å². The molecule has 0 saturated carbocycles.